The number of benzene rings is 2. The fraction of sp³-hybridized carbons (Fsp3) is 0.312. The van der Waals surface area contributed by atoms with Crippen molar-refractivity contribution >= 4 is 17.5 Å². The maximum atomic E-state index is 14.3. The maximum absolute atomic E-state index is 14.3. The minimum atomic E-state index is -1.20. The van der Waals surface area contributed by atoms with E-state index in [0.717, 1.165) is 0 Å². The van der Waals surface area contributed by atoms with Gasteiger partial charge in [-0.3, -0.25) is 14.4 Å². The summed E-state index contributed by atoms with van der Waals surface area (Å²) in [5.41, 5.74) is -1.54. The van der Waals surface area contributed by atoms with Gasteiger partial charge in [-0.25, -0.2) is 13.2 Å². The van der Waals surface area contributed by atoms with Gasteiger partial charge >= 0.3 is 0 Å². The van der Waals surface area contributed by atoms with Crippen LogP contribution in [0.1, 0.15) is 65.2 Å². The molecule has 2 aliphatic rings. The SMILES string of the molecule is C/C(C[C@@]1(C)C=C[C@H](C)N2C[C@H]1n1cc(C(=O)NCc3c(F)cc(F)cc3F)c(=O)c(OCc3ccccc3)c1C2=O)=N/O. The Morgan fingerprint density at radius 1 is 1.16 bits per heavy atom. The van der Waals surface area contributed by atoms with Crippen molar-refractivity contribution in [3.8, 4) is 5.75 Å². The molecule has 0 fully saturated rings. The lowest BCUT2D eigenvalue weighted by molar-refractivity contribution is 0.0562. The number of rotatable bonds is 8. The summed E-state index contributed by atoms with van der Waals surface area (Å²) in [4.78, 5) is 42.9. The van der Waals surface area contributed by atoms with Gasteiger partial charge in [0.25, 0.3) is 11.8 Å². The van der Waals surface area contributed by atoms with E-state index in [4.69, 9.17) is 4.74 Å². The Balaban J connectivity index is 1.63. The highest BCUT2D eigenvalue weighted by Gasteiger charge is 2.46. The molecule has 0 radical (unpaired) electrons. The van der Waals surface area contributed by atoms with Crippen molar-refractivity contribution in [2.75, 3.05) is 6.54 Å². The first-order valence-electron chi connectivity index (χ1n) is 14.0. The van der Waals surface area contributed by atoms with Crippen LogP contribution in [-0.2, 0) is 13.2 Å². The molecule has 230 valence electrons. The number of halogens is 3. The lowest BCUT2D eigenvalue weighted by atomic mass is 9.76. The van der Waals surface area contributed by atoms with Gasteiger partial charge in [-0.05, 0) is 25.8 Å². The molecule has 9 nitrogen and oxygen atoms in total. The van der Waals surface area contributed by atoms with E-state index in [1.165, 1.54) is 6.20 Å². The van der Waals surface area contributed by atoms with Gasteiger partial charge in [0.05, 0.1) is 11.8 Å². The third kappa shape index (κ3) is 5.71. The van der Waals surface area contributed by atoms with Crippen molar-refractivity contribution in [1.82, 2.24) is 14.8 Å². The molecule has 3 aromatic rings. The topological polar surface area (TPSA) is 113 Å². The molecule has 0 saturated heterocycles. The van der Waals surface area contributed by atoms with Gasteiger partial charge in [0.2, 0.25) is 5.43 Å². The first-order valence-corrected chi connectivity index (χ1v) is 14.0. The number of allylic oxidation sites excluding steroid dienone is 1. The molecule has 0 saturated carbocycles. The number of hydrogen-bond acceptors (Lipinski definition) is 6. The number of nitrogens with zero attached hydrogens (tertiary/aromatic N) is 3. The van der Waals surface area contributed by atoms with Crippen molar-refractivity contribution < 1.29 is 32.7 Å². The van der Waals surface area contributed by atoms with Crippen LogP contribution in [0.3, 0.4) is 0 Å². The van der Waals surface area contributed by atoms with Gasteiger partial charge < -0.3 is 24.7 Å². The Morgan fingerprint density at radius 3 is 2.50 bits per heavy atom. The van der Waals surface area contributed by atoms with Crippen molar-refractivity contribution in [3.05, 3.63) is 111 Å². The monoisotopic (exact) mass is 608 g/mol. The summed E-state index contributed by atoms with van der Waals surface area (Å²) in [6, 6.07) is 9.04. The third-order valence-electron chi connectivity index (χ3n) is 8.18. The second kappa shape index (κ2) is 12.0. The minimum absolute atomic E-state index is 0.0466. The van der Waals surface area contributed by atoms with Crippen LogP contribution < -0.4 is 15.5 Å². The number of ether oxygens (including phenoxy) is 1. The summed E-state index contributed by atoms with van der Waals surface area (Å²) in [6.07, 6.45) is 5.35. The summed E-state index contributed by atoms with van der Waals surface area (Å²) >= 11 is 0. The number of fused-ring (bicyclic) bond motifs is 4. The number of carbonyl (C=O) groups is 2. The van der Waals surface area contributed by atoms with E-state index in [1.807, 2.05) is 32.1 Å². The van der Waals surface area contributed by atoms with E-state index in [9.17, 15) is 32.8 Å². The molecule has 2 amide bonds. The van der Waals surface area contributed by atoms with Crippen LogP contribution in [0.4, 0.5) is 13.2 Å². The summed E-state index contributed by atoms with van der Waals surface area (Å²) in [6.45, 7) is 4.88. The fourth-order valence-electron chi connectivity index (χ4n) is 5.80. The highest BCUT2D eigenvalue weighted by molar-refractivity contribution is 5.99. The summed E-state index contributed by atoms with van der Waals surface area (Å²) in [7, 11) is 0. The molecule has 3 atom stereocenters. The number of aromatic nitrogens is 1. The molecule has 3 heterocycles. The molecule has 5 rings (SSSR count). The quantitative estimate of drug-likeness (QED) is 0.162. The Labute approximate surface area is 251 Å². The Kier molecular flexibility index (Phi) is 8.36. The first-order chi connectivity index (χ1) is 20.9. The molecule has 0 spiro atoms. The predicted molar refractivity (Wildman–Crippen MR) is 155 cm³/mol. The molecule has 2 bridgehead atoms. The van der Waals surface area contributed by atoms with Gasteiger partial charge in [0.1, 0.15) is 29.6 Å². The maximum Gasteiger partial charge on any atom is 0.275 e. The molecule has 0 aliphatic carbocycles. The van der Waals surface area contributed by atoms with Gasteiger partial charge in [0, 0.05) is 48.4 Å². The van der Waals surface area contributed by atoms with Crippen LogP contribution in [0.2, 0.25) is 0 Å². The second-order valence-corrected chi connectivity index (χ2v) is 11.4. The largest absolute Gasteiger partial charge is 0.483 e. The molecular formula is C32H31F3N4O5. The fourth-order valence-corrected chi connectivity index (χ4v) is 5.80. The molecule has 1 aromatic heterocycles. The molecule has 12 heteroatoms. The van der Waals surface area contributed by atoms with E-state index in [1.54, 1.807) is 40.7 Å². The molecule has 2 N–H and O–H groups in total. The summed E-state index contributed by atoms with van der Waals surface area (Å²) in [5.74, 6) is -5.29. The van der Waals surface area contributed by atoms with E-state index in [0.29, 0.717) is 23.4 Å². The lowest BCUT2D eigenvalue weighted by Gasteiger charge is -2.43. The molecule has 2 aliphatic heterocycles. The number of carbonyl (C=O) groups excluding carboxylic acids is 2. The van der Waals surface area contributed by atoms with Crippen LogP contribution in [0.5, 0.6) is 5.75 Å². The highest BCUT2D eigenvalue weighted by Crippen LogP contribution is 2.44. The van der Waals surface area contributed by atoms with Crippen LogP contribution in [-0.4, -0.2) is 44.8 Å². The van der Waals surface area contributed by atoms with Gasteiger partial charge in [0.15, 0.2) is 11.4 Å². The van der Waals surface area contributed by atoms with Gasteiger partial charge in [-0.1, -0.05) is 54.6 Å². The smallest absolute Gasteiger partial charge is 0.275 e. The highest BCUT2D eigenvalue weighted by atomic mass is 19.1. The van der Waals surface area contributed by atoms with Crippen LogP contribution in [0.25, 0.3) is 0 Å². The lowest BCUT2D eigenvalue weighted by Crippen LogP contribution is -2.50. The number of amides is 2. The zero-order valence-electron chi connectivity index (χ0n) is 24.3. The van der Waals surface area contributed by atoms with E-state index >= 15 is 0 Å². The molecule has 0 unspecified atom stereocenters. The number of oxime groups is 1. The van der Waals surface area contributed by atoms with Crippen molar-refractivity contribution in [2.24, 2.45) is 10.6 Å². The average Bonchev–Trinajstić information content (AvgIpc) is 3.09. The Hall–Kier alpha value is -4.87. The van der Waals surface area contributed by atoms with Crippen LogP contribution in [0.15, 0.2) is 70.8 Å². The molecule has 44 heavy (non-hydrogen) atoms. The summed E-state index contributed by atoms with van der Waals surface area (Å²) < 4.78 is 49.5. The van der Waals surface area contributed by atoms with Crippen molar-refractivity contribution in [1.29, 1.82) is 0 Å². The third-order valence-corrected chi connectivity index (χ3v) is 8.18. The van der Waals surface area contributed by atoms with Crippen LogP contribution in [0, 0.1) is 22.9 Å². The second-order valence-electron chi connectivity index (χ2n) is 11.4. The normalized spacial score (nSPS) is 21.1. The zero-order chi connectivity index (χ0) is 31.8. The predicted octanol–water partition coefficient (Wildman–Crippen LogP) is 4.98. The first kappa shape index (κ1) is 30.6. The zero-order valence-corrected chi connectivity index (χ0v) is 24.3. The number of nitrogens with one attached hydrogen (secondary N) is 1. The standard InChI is InChI=1S/C32H31F3N4O5/c1-18(37-43)13-32(3)10-9-19(2)38-16-26(32)39-15-23(30(41)36-14-22-24(34)11-21(33)12-25(22)35)28(40)29(27(39)31(38)42)44-17-20-7-5-4-6-8-20/h4-12,15,19,26,43H,13-14,16-17H2,1-3H3,(H,36,41)/b37-18-/t19-,26+,32+/m0/s1. The average molecular weight is 609 g/mol. The minimum Gasteiger partial charge on any atom is -0.483 e. The van der Waals surface area contributed by atoms with E-state index in [2.05, 4.69) is 10.5 Å². The Bertz CT molecular complexity index is 1720. The molecular weight excluding hydrogens is 577 g/mol. The summed E-state index contributed by atoms with van der Waals surface area (Å²) in [5, 5.41) is 15.1. The van der Waals surface area contributed by atoms with Gasteiger partial charge in [-0.2, -0.15) is 0 Å². The van der Waals surface area contributed by atoms with E-state index in [-0.39, 0.29) is 37.1 Å². The Morgan fingerprint density at radius 2 is 1.84 bits per heavy atom. The number of hydrogen-bond donors (Lipinski definition) is 2. The van der Waals surface area contributed by atoms with E-state index < -0.39 is 63.8 Å². The van der Waals surface area contributed by atoms with Crippen molar-refractivity contribution in [2.45, 2.75) is 52.4 Å². The molecule has 2 aromatic carbocycles. The van der Waals surface area contributed by atoms with Crippen molar-refractivity contribution in [3.63, 3.8) is 0 Å². The van der Waals surface area contributed by atoms with Crippen LogP contribution >= 0.6 is 0 Å². The number of pyridine rings is 1. The van der Waals surface area contributed by atoms with Gasteiger partial charge in [-0.15, -0.1) is 0 Å².